The fourth-order valence-corrected chi connectivity index (χ4v) is 4.89. The van der Waals surface area contributed by atoms with Crippen LogP contribution >= 0.6 is 0 Å². The van der Waals surface area contributed by atoms with Crippen LogP contribution in [-0.4, -0.2) is 48.5 Å². The molecular formula is C21H24FN3O4. The minimum absolute atomic E-state index is 0.0342. The molecule has 1 unspecified atom stereocenters. The van der Waals surface area contributed by atoms with Crippen LogP contribution in [0, 0.1) is 24.1 Å². The zero-order valence-electron chi connectivity index (χ0n) is 16.3. The van der Waals surface area contributed by atoms with E-state index in [0.717, 1.165) is 32.2 Å². The molecule has 3 fully saturated rings. The van der Waals surface area contributed by atoms with Crippen molar-refractivity contribution in [2.75, 3.05) is 18.0 Å². The van der Waals surface area contributed by atoms with Crippen molar-refractivity contribution in [2.45, 2.75) is 45.2 Å². The zero-order chi connectivity index (χ0) is 20.8. The van der Waals surface area contributed by atoms with Crippen LogP contribution < -0.4 is 10.2 Å². The van der Waals surface area contributed by atoms with Gasteiger partial charge < -0.3 is 14.6 Å². The topological polar surface area (TPSA) is 86.8 Å². The monoisotopic (exact) mass is 401 g/mol. The molecule has 2 saturated heterocycles. The summed E-state index contributed by atoms with van der Waals surface area (Å²) in [6.45, 7) is 3.18. The predicted molar refractivity (Wildman–Crippen MR) is 102 cm³/mol. The smallest absolute Gasteiger partial charge is 0.249 e. The van der Waals surface area contributed by atoms with E-state index in [1.165, 1.54) is 4.90 Å². The number of rotatable bonds is 6. The average Bonchev–Trinajstić information content (AvgIpc) is 2.62. The number of anilines is 1. The molecule has 1 aliphatic carbocycles. The molecule has 29 heavy (non-hydrogen) atoms. The molecule has 0 aromatic heterocycles. The van der Waals surface area contributed by atoms with Gasteiger partial charge in [0, 0.05) is 43.0 Å². The maximum absolute atomic E-state index is 15.3. The first kappa shape index (κ1) is 19.5. The van der Waals surface area contributed by atoms with Crippen LogP contribution in [0.2, 0.25) is 0 Å². The Morgan fingerprint density at radius 3 is 2.62 bits per heavy atom. The molecule has 2 heterocycles. The second kappa shape index (κ2) is 7.24. The highest BCUT2D eigenvalue weighted by atomic mass is 19.1. The van der Waals surface area contributed by atoms with E-state index in [2.05, 4.69) is 5.32 Å². The normalized spacial score (nSPS) is 23.2. The molecule has 0 radical (unpaired) electrons. The SMILES string of the molecule is Cc1ccc(N2CC3(CC(C=O)C3)C2)c(F)c1CN(C=O)C1CCC(=O)NC1=O. The van der Waals surface area contributed by atoms with Crippen LogP contribution in [0.4, 0.5) is 10.1 Å². The van der Waals surface area contributed by atoms with Gasteiger partial charge >= 0.3 is 0 Å². The number of nitrogens with one attached hydrogen (secondary N) is 1. The number of carbonyl (C=O) groups excluding carboxylic acids is 4. The summed E-state index contributed by atoms with van der Waals surface area (Å²) < 4.78 is 15.3. The highest BCUT2D eigenvalue weighted by Crippen LogP contribution is 2.52. The third kappa shape index (κ3) is 3.41. The summed E-state index contributed by atoms with van der Waals surface area (Å²) in [5.41, 5.74) is 1.69. The van der Waals surface area contributed by atoms with Crippen molar-refractivity contribution >= 4 is 30.2 Å². The van der Waals surface area contributed by atoms with Crippen LogP contribution in [0.25, 0.3) is 0 Å². The molecule has 7 nitrogen and oxygen atoms in total. The number of hydrogen-bond acceptors (Lipinski definition) is 5. The van der Waals surface area contributed by atoms with Crippen molar-refractivity contribution in [3.05, 3.63) is 29.1 Å². The molecule has 1 aromatic rings. The molecule has 1 N–H and O–H groups in total. The highest BCUT2D eigenvalue weighted by Gasteiger charge is 2.52. The second-order valence-corrected chi connectivity index (χ2v) is 8.60. The Hall–Kier alpha value is -2.77. The van der Waals surface area contributed by atoms with Crippen molar-refractivity contribution in [2.24, 2.45) is 11.3 Å². The van der Waals surface area contributed by atoms with Crippen LogP contribution in [0.5, 0.6) is 0 Å². The number of aryl methyl sites for hydroxylation is 1. The van der Waals surface area contributed by atoms with Gasteiger partial charge in [0.05, 0.1) is 5.69 Å². The second-order valence-electron chi connectivity index (χ2n) is 8.60. The first-order valence-corrected chi connectivity index (χ1v) is 9.89. The maximum atomic E-state index is 15.3. The summed E-state index contributed by atoms with van der Waals surface area (Å²) in [5.74, 6) is -1.14. The molecule has 1 saturated carbocycles. The van der Waals surface area contributed by atoms with Gasteiger partial charge in [-0.25, -0.2) is 4.39 Å². The molecule has 0 bridgehead atoms. The lowest BCUT2D eigenvalue weighted by molar-refractivity contribution is -0.141. The van der Waals surface area contributed by atoms with Crippen molar-refractivity contribution in [3.8, 4) is 0 Å². The average molecular weight is 401 g/mol. The van der Waals surface area contributed by atoms with E-state index in [4.69, 9.17) is 0 Å². The summed E-state index contributed by atoms with van der Waals surface area (Å²) >= 11 is 0. The van der Waals surface area contributed by atoms with E-state index in [1.54, 1.807) is 13.0 Å². The van der Waals surface area contributed by atoms with Gasteiger partial charge in [0.15, 0.2) is 5.82 Å². The Labute approximate surface area is 168 Å². The van der Waals surface area contributed by atoms with Crippen molar-refractivity contribution in [1.82, 2.24) is 10.2 Å². The van der Waals surface area contributed by atoms with Crippen molar-refractivity contribution < 1.29 is 23.6 Å². The minimum atomic E-state index is -0.782. The number of nitrogens with zero attached hydrogens (tertiary/aromatic N) is 2. The summed E-state index contributed by atoms with van der Waals surface area (Å²) in [6.07, 6.45) is 3.65. The van der Waals surface area contributed by atoms with Crippen LogP contribution in [0.3, 0.4) is 0 Å². The quantitative estimate of drug-likeness (QED) is 0.574. The third-order valence-electron chi connectivity index (χ3n) is 6.52. The Kier molecular flexibility index (Phi) is 4.88. The summed E-state index contributed by atoms with van der Waals surface area (Å²) in [5, 5.41) is 2.23. The Bertz CT molecular complexity index is 873. The van der Waals surface area contributed by atoms with E-state index in [1.807, 2.05) is 11.0 Å². The number of imide groups is 1. The van der Waals surface area contributed by atoms with Crippen molar-refractivity contribution in [1.29, 1.82) is 0 Å². The number of carbonyl (C=O) groups is 4. The summed E-state index contributed by atoms with van der Waals surface area (Å²) in [4.78, 5) is 49.2. The summed E-state index contributed by atoms with van der Waals surface area (Å²) in [6, 6.07) is 2.78. The van der Waals surface area contributed by atoms with Gasteiger partial charge in [0.2, 0.25) is 18.2 Å². The number of halogens is 1. The van der Waals surface area contributed by atoms with Gasteiger partial charge in [0.1, 0.15) is 12.3 Å². The Morgan fingerprint density at radius 2 is 2.00 bits per heavy atom. The Morgan fingerprint density at radius 1 is 1.28 bits per heavy atom. The van der Waals surface area contributed by atoms with Crippen molar-refractivity contribution in [3.63, 3.8) is 0 Å². The molecule has 4 rings (SSSR count). The van der Waals surface area contributed by atoms with Gasteiger partial charge in [-0.15, -0.1) is 0 Å². The Balaban J connectivity index is 1.50. The van der Waals surface area contributed by atoms with Gasteiger partial charge in [-0.2, -0.15) is 0 Å². The first-order chi connectivity index (χ1) is 13.9. The van der Waals surface area contributed by atoms with E-state index in [9.17, 15) is 19.2 Å². The standard InChI is InChI=1S/C21H24FN3O4/c1-13-2-3-16(25-10-21(11-25)6-14(7-21)9-26)19(22)15(13)8-24(12-27)17-4-5-18(28)23-20(17)29/h2-3,9,12,14,17H,4-8,10-11H2,1H3,(H,23,28,29). The van der Waals surface area contributed by atoms with Crippen LogP contribution in [0.15, 0.2) is 12.1 Å². The van der Waals surface area contributed by atoms with Crippen LogP contribution in [0.1, 0.15) is 36.8 Å². The lowest BCUT2D eigenvalue weighted by atomic mass is 9.58. The number of hydrogen-bond donors (Lipinski definition) is 1. The van der Waals surface area contributed by atoms with Gasteiger partial charge in [-0.05, 0) is 37.8 Å². The number of piperidine rings is 1. The van der Waals surface area contributed by atoms with E-state index < -0.39 is 11.9 Å². The van der Waals surface area contributed by atoms with E-state index in [0.29, 0.717) is 23.2 Å². The van der Waals surface area contributed by atoms with Gasteiger partial charge in [0.25, 0.3) is 0 Å². The fraction of sp³-hybridized carbons (Fsp3) is 0.524. The molecular weight excluding hydrogens is 377 g/mol. The number of amides is 3. The largest absolute Gasteiger partial charge is 0.368 e. The molecule has 3 amide bonds. The van der Waals surface area contributed by atoms with Crippen LogP contribution in [-0.2, 0) is 25.7 Å². The predicted octanol–water partition coefficient (Wildman–Crippen LogP) is 1.31. The van der Waals surface area contributed by atoms with Gasteiger partial charge in [-0.1, -0.05) is 6.07 Å². The van der Waals surface area contributed by atoms with E-state index in [-0.39, 0.29) is 42.4 Å². The molecule has 3 aliphatic rings. The highest BCUT2D eigenvalue weighted by molar-refractivity contribution is 6.00. The first-order valence-electron chi connectivity index (χ1n) is 9.89. The molecule has 8 heteroatoms. The fourth-order valence-electron chi connectivity index (χ4n) is 4.89. The zero-order valence-corrected chi connectivity index (χ0v) is 16.3. The minimum Gasteiger partial charge on any atom is -0.368 e. The molecule has 2 aliphatic heterocycles. The molecule has 1 atom stereocenters. The summed E-state index contributed by atoms with van der Waals surface area (Å²) in [7, 11) is 0. The molecule has 1 aromatic carbocycles. The van der Waals surface area contributed by atoms with Gasteiger partial charge in [-0.3, -0.25) is 19.7 Å². The lowest BCUT2D eigenvalue weighted by Gasteiger charge is -2.59. The number of benzene rings is 1. The third-order valence-corrected chi connectivity index (χ3v) is 6.52. The molecule has 154 valence electrons. The van der Waals surface area contributed by atoms with E-state index >= 15 is 4.39 Å². The lowest BCUT2D eigenvalue weighted by Crippen LogP contribution is -2.62. The number of aldehydes is 1. The molecule has 1 spiro atoms. The maximum Gasteiger partial charge on any atom is 0.249 e.